The normalized spacial score (nSPS) is 10.9. The molecule has 1 heterocycles. The van der Waals surface area contributed by atoms with Gasteiger partial charge in [-0.15, -0.1) is 11.3 Å². The molecule has 0 saturated carbocycles. The number of halogens is 1. The predicted molar refractivity (Wildman–Crippen MR) is 85.5 cm³/mol. The molecule has 2 nitrogen and oxygen atoms in total. The number of hydrogen-bond donors (Lipinski definition) is 1. The van der Waals surface area contributed by atoms with E-state index in [4.69, 9.17) is 22.1 Å². The van der Waals surface area contributed by atoms with Crippen LogP contribution >= 0.6 is 22.9 Å². The van der Waals surface area contributed by atoms with Gasteiger partial charge in [0.25, 0.3) is 0 Å². The van der Waals surface area contributed by atoms with Gasteiger partial charge in [0.2, 0.25) is 0 Å². The van der Waals surface area contributed by atoms with Crippen LogP contribution in [-0.4, -0.2) is 0 Å². The van der Waals surface area contributed by atoms with Crippen LogP contribution in [-0.2, 0) is 13.2 Å². The molecule has 2 N–H and O–H groups in total. The fraction of sp³-hybridized carbons (Fsp3) is 0.125. The number of hydrogen-bond acceptors (Lipinski definition) is 3. The van der Waals surface area contributed by atoms with Crippen molar-refractivity contribution in [3.8, 4) is 5.75 Å². The van der Waals surface area contributed by atoms with Crippen molar-refractivity contribution in [1.82, 2.24) is 0 Å². The van der Waals surface area contributed by atoms with Gasteiger partial charge in [-0.2, -0.15) is 0 Å². The third-order valence-corrected chi connectivity index (χ3v) is 4.48. The summed E-state index contributed by atoms with van der Waals surface area (Å²) >= 11 is 7.81. The minimum absolute atomic E-state index is 0.529. The minimum Gasteiger partial charge on any atom is -0.487 e. The van der Waals surface area contributed by atoms with E-state index >= 15 is 0 Å². The fourth-order valence-electron chi connectivity index (χ4n) is 2.06. The number of fused-ring (bicyclic) bond motifs is 1. The van der Waals surface area contributed by atoms with Gasteiger partial charge in [0.1, 0.15) is 12.4 Å². The lowest BCUT2D eigenvalue weighted by molar-refractivity contribution is 0.310. The quantitative estimate of drug-likeness (QED) is 0.765. The lowest BCUT2D eigenvalue weighted by atomic mass is 10.1. The Balaban J connectivity index is 1.79. The van der Waals surface area contributed by atoms with E-state index in [-0.39, 0.29) is 0 Å². The Morgan fingerprint density at radius 1 is 1.10 bits per heavy atom. The van der Waals surface area contributed by atoms with E-state index < -0.39 is 0 Å². The average molecular weight is 304 g/mol. The first kappa shape index (κ1) is 13.4. The summed E-state index contributed by atoms with van der Waals surface area (Å²) in [5.41, 5.74) is 6.81. The number of rotatable bonds is 4. The summed E-state index contributed by atoms with van der Waals surface area (Å²) in [4.78, 5) is 1.18. The van der Waals surface area contributed by atoms with Crippen LogP contribution in [0.4, 0.5) is 0 Å². The third-order valence-electron chi connectivity index (χ3n) is 3.07. The maximum atomic E-state index is 6.07. The fourth-order valence-corrected chi connectivity index (χ4v) is 3.20. The van der Waals surface area contributed by atoms with Crippen molar-refractivity contribution in [2.24, 2.45) is 5.73 Å². The SMILES string of the molecule is NCc1ccc2sc(COc3ccccc3Cl)cc2c1. The number of benzene rings is 2. The largest absolute Gasteiger partial charge is 0.487 e. The number of para-hydroxylation sites is 1. The van der Waals surface area contributed by atoms with Crippen LogP contribution in [0.5, 0.6) is 5.75 Å². The molecule has 1 aromatic heterocycles. The Labute approximate surface area is 126 Å². The van der Waals surface area contributed by atoms with Gasteiger partial charge in [-0.3, -0.25) is 0 Å². The van der Waals surface area contributed by atoms with Crippen molar-refractivity contribution < 1.29 is 4.74 Å². The summed E-state index contributed by atoms with van der Waals surface area (Å²) < 4.78 is 7.01. The molecular weight excluding hydrogens is 290 g/mol. The van der Waals surface area contributed by atoms with Gasteiger partial charge in [0.05, 0.1) is 5.02 Å². The second kappa shape index (κ2) is 5.83. The van der Waals surface area contributed by atoms with Gasteiger partial charge in [0, 0.05) is 16.1 Å². The number of ether oxygens (including phenoxy) is 1. The first-order valence-corrected chi connectivity index (χ1v) is 7.54. The van der Waals surface area contributed by atoms with Gasteiger partial charge >= 0.3 is 0 Å². The van der Waals surface area contributed by atoms with Crippen molar-refractivity contribution in [2.75, 3.05) is 0 Å². The molecule has 0 saturated heterocycles. The lowest BCUT2D eigenvalue weighted by Gasteiger charge is -2.05. The molecule has 20 heavy (non-hydrogen) atoms. The zero-order valence-corrected chi connectivity index (χ0v) is 12.4. The molecule has 2 aromatic carbocycles. The maximum absolute atomic E-state index is 6.07. The maximum Gasteiger partial charge on any atom is 0.138 e. The van der Waals surface area contributed by atoms with Crippen molar-refractivity contribution in [2.45, 2.75) is 13.2 Å². The van der Waals surface area contributed by atoms with Gasteiger partial charge < -0.3 is 10.5 Å². The summed E-state index contributed by atoms with van der Waals surface area (Å²) in [6.45, 7) is 1.10. The Bertz CT molecular complexity index is 738. The van der Waals surface area contributed by atoms with E-state index in [2.05, 4.69) is 24.3 Å². The molecule has 0 aliphatic carbocycles. The monoisotopic (exact) mass is 303 g/mol. The topological polar surface area (TPSA) is 35.2 Å². The second-order valence-corrected chi connectivity index (χ2v) is 6.08. The number of thiophene rings is 1. The van der Waals surface area contributed by atoms with Gasteiger partial charge in [-0.25, -0.2) is 0 Å². The van der Waals surface area contributed by atoms with Crippen LogP contribution in [0.2, 0.25) is 5.02 Å². The van der Waals surface area contributed by atoms with Gasteiger partial charge in [-0.1, -0.05) is 29.8 Å². The Hall–Kier alpha value is -1.55. The Morgan fingerprint density at radius 2 is 1.95 bits per heavy atom. The summed E-state index contributed by atoms with van der Waals surface area (Å²) in [6, 6.07) is 16.0. The first-order valence-electron chi connectivity index (χ1n) is 6.35. The molecule has 0 fully saturated rings. The van der Waals surface area contributed by atoms with Crippen molar-refractivity contribution in [1.29, 1.82) is 0 Å². The molecule has 3 aromatic rings. The first-order chi connectivity index (χ1) is 9.76. The average Bonchev–Trinajstić information content (AvgIpc) is 2.88. The van der Waals surface area contributed by atoms with E-state index in [9.17, 15) is 0 Å². The van der Waals surface area contributed by atoms with Crippen LogP contribution in [0.1, 0.15) is 10.4 Å². The van der Waals surface area contributed by atoms with E-state index in [0.29, 0.717) is 23.9 Å². The van der Waals surface area contributed by atoms with E-state index in [1.54, 1.807) is 11.3 Å². The van der Waals surface area contributed by atoms with Crippen LogP contribution in [0.15, 0.2) is 48.5 Å². The molecular formula is C16H14ClNOS. The molecule has 102 valence electrons. The summed E-state index contributed by atoms with van der Waals surface area (Å²) in [7, 11) is 0. The zero-order valence-electron chi connectivity index (χ0n) is 10.8. The minimum atomic E-state index is 0.529. The predicted octanol–water partition coefficient (Wildman–Crippen LogP) is 4.59. The molecule has 0 spiro atoms. The molecule has 3 rings (SSSR count). The van der Waals surface area contributed by atoms with Crippen molar-refractivity contribution >= 4 is 33.0 Å². The molecule has 4 heteroatoms. The summed E-state index contributed by atoms with van der Waals surface area (Å²) in [5, 5.41) is 1.86. The smallest absolute Gasteiger partial charge is 0.138 e. The molecule has 0 atom stereocenters. The highest BCUT2D eigenvalue weighted by molar-refractivity contribution is 7.19. The highest BCUT2D eigenvalue weighted by Crippen LogP contribution is 2.29. The van der Waals surface area contributed by atoms with Crippen LogP contribution in [0.3, 0.4) is 0 Å². The molecule has 0 aliphatic rings. The van der Waals surface area contributed by atoms with Crippen molar-refractivity contribution in [3.05, 3.63) is 64.0 Å². The van der Waals surface area contributed by atoms with Crippen LogP contribution in [0, 0.1) is 0 Å². The Kier molecular flexibility index (Phi) is 3.92. The van der Waals surface area contributed by atoms with E-state index in [1.165, 1.54) is 15.0 Å². The highest BCUT2D eigenvalue weighted by atomic mass is 35.5. The molecule has 0 unspecified atom stereocenters. The summed E-state index contributed by atoms with van der Waals surface area (Å²) in [6.07, 6.45) is 0. The molecule has 0 amide bonds. The molecule has 0 aliphatic heterocycles. The standard InChI is InChI=1S/C16H14ClNOS/c17-14-3-1-2-4-15(14)19-10-13-8-12-7-11(9-18)5-6-16(12)20-13/h1-8H,9-10,18H2. The molecule has 0 bridgehead atoms. The summed E-state index contributed by atoms with van der Waals surface area (Å²) in [5.74, 6) is 0.717. The molecule has 0 radical (unpaired) electrons. The second-order valence-electron chi connectivity index (χ2n) is 4.51. The van der Waals surface area contributed by atoms with Crippen molar-refractivity contribution in [3.63, 3.8) is 0 Å². The van der Waals surface area contributed by atoms with E-state index in [0.717, 1.165) is 5.56 Å². The van der Waals surface area contributed by atoms with Crippen LogP contribution in [0.25, 0.3) is 10.1 Å². The van der Waals surface area contributed by atoms with E-state index in [1.807, 2.05) is 24.3 Å². The Morgan fingerprint density at radius 3 is 2.75 bits per heavy atom. The lowest BCUT2D eigenvalue weighted by Crippen LogP contribution is -1.94. The number of nitrogens with two attached hydrogens (primary N) is 1. The zero-order chi connectivity index (χ0) is 13.9. The van der Waals surface area contributed by atoms with Crippen LogP contribution < -0.4 is 10.5 Å². The highest BCUT2D eigenvalue weighted by Gasteiger charge is 2.05. The third kappa shape index (κ3) is 2.80. The van der Waals surface area contributed by atoms with Gasteiger partial charge in [0.15, 0.2) is 0 Å². The van der Waals surface area contributed by atoms with Gasteiger partial charge in [-0.05, 0) is 41.3 Å².